The fourth-order valence-electron chi connectivity index (χ4n) is 5.42. The number of amides is 5. The van der Waals surface area contributed by atoms with Crippen molar-refractivity contribution in [3.05, 3.63) is 0 Å². The minimum Gasteiger partial charge on any atom is -0.452 e. The molecular formula is C29H49N5O9. The summed E-state index contributed by atoms with van der Waals surface area (Å²) in [4.78, 5) is 84.1. The lowest BCUT2D eigenvalue weighted by Crippen LogP contribution is -2.60. The lowest BCUT2D eigenvalue weighted by Gasteiger charge is -2.38. The van der Waals surface area contributed by atoms with Gasteiger partial charge in [-0.2, -0.15) is 0 Å². The number of aliphatic hydroxyl groups is 2. The number of esters is 1. The highest BCUT2D eigenvalue weighted by Gasteiger charge is 2.43. The minimum absolute atomic E-state index is 0.148. The van der Waals surface area contributed by atoms with Crippen LogP contribution in [0.15, 0.2) is 0 Å². The van der Waals surface area contributed by atoms with Gasteiger partial charge >= 0.3 is 5.97 Å². The fourth-order valence-corrected chi connectivity index (χ4v) is 5.42. The number of fused-ring (bicyclic) bond motifs is 1. The number of carbonyl (C=O) groups is 6. The molecule has 14 nitrogen and oxygen atoms in total. The number of likely N-dealkylation sites (N-methyl/N-ethyl adjacent to an activating group) is 2. The molecular weight excluding hydrogens is 562 g/mol. The Bertz CT molecular complexity index is 1040. The van der Waals surface area contributed by atoms with Crippen LogP contribution in [0, 0.1) is 11.8 Å². The summed E-state index contributed by atoms with van der Waals surface area (Å²) in [6.45, 7) is 8.14. The van der Waals surface area contributed by atoms with Crippen LogP contribution >= 0.6 is 0 Å². The zero-order chi connectivity index (χ0) is 32.6. The first kappa shape index (κ1) is 35.9. The summed E-state index contributed by atoms with van der Waals surface area (Å²) in [6.07, 6.45) is -2.21. The molecule has 2 rings (SSSR count). The molecule has 0 radical (unpaired) electrons. The van der Waals surface area contributed by atoms with Crippen LogP contribution in [-0.4, -0.2) is 131 Å². The summed E-state index contributed by atoms with van der Waals surface area (Å²) < 4.78 is 5.38. The Morgan fingerprint density at radius 1 is 0.977 bits per heavy atom. The highest BCUT2D eigenvalue weighted by atomic mass is 16.5. The highest BCUT2D eigenvalue weighted by Crippen LogP contribution is 2.23. The maximum Gasteiger partial charge on any atom is 0.308 e. The average molecular weight is 612 g/mol. The van der Waals surface area contributed by atoms with Crippen LogP contribution in [-0.2, 0) is 33.5 Å². The SMILES string of the molecule is CC[C@H](C)[C@@H]1NC(=O)[C@@H]2CCCN2C(=O)[C@@H](C[C@H](O)CO)OC(=O)CCNC(=O)[C@@H](C)N(C)C(=O)[C@H](C(C)C)N(C)C1=O. The van der Waals surface area contributed by atoms with Gasteiger partial charge in [-0.3, -0.25) is 28.8 Å². The molecule has 0 bridgehead atoms. The van der Waals surface area contributed by atoms with E-state index >= 15 is 0 Å². The molecule has 14 heteroatoms. The third kappa shape index (κ3) is 8.88. The van der Waals surface area contributed by atoms with Gasteiger partial charge in [0.2, 0.25) is 23.6 Å². The average Bonchev–Trinajstić information content (AvgIpc) is 3.46. The van der Waals surface area contributed by atoms with Gasteiger partial charge in [-0.25, -0.2) is 0 Å². The third-order valence-electron chi connectivity index (χ3n) is 8.45. The number of hydrogen-bond donors (Lipinski definition) is 4. The number of nitrogens with one attached hydrogen (secondary N) is 2. The summed E-state index contributed by atoms with van der Waals surface area (Å²) in [5, 5.41) is 24.8. The first-order valence-electron chi connectivity index (χ1n) is 15.1. The van der Waals surface area contributed by atoms with Gasteiger partial charge in [0, 0.05) is 33.6 Å². The second kappa shape index (κ2) is 16.0. The van der Waals surface area contributed by atoms with E-state index in [4.69, 9.17) is 4.74 Å². The van der Waals surface area contributed by atoms with Crippen LogP contribution in [0.1, 0.15) is 66.7 Å². The van der Waals surface area contributed by atoms with Gasteiger partial charge in [-0.05, 0) is 31.6 Å². The molecule has 0 saturated carbocycles. The van der Waals surface area contributed by atoms with E-state index in [1.807, 2.05) is 6.92 Å². The van der Waals surface area contributed by atoms with Crippen molar-refractivity contribution in [2.75, 3.05) is 33.8 Å². The summed E-state index contributed by atoms with van der Waals surface area (Å²) >= 11 is 0. The summed E-state index contributed by atoms with van der Waals surface area (Å²) in [5.74, 6) is -4.22. The van der Waals surface area contributed by atoms with Gasteiger partial charge in [-0.1, -0.05) is 34.1 Å². The van der Waals surface area contributed by atoms with Crippen molar-refractivity contribution in [1.82, 2.24) is 25.3 Å². The van der Waals surface area contributed by atoms with Gasteiger partial charge in [0.15, 0.2) is 6.10 Å². The lowest BCUT2D eigenvalue weighted by atomic mass is 9.94. The number of aliphatic hydroxyl groups excluding tert-OH is 2. The zero-order valence-corrected chi connectivity index (χ0v) is 26.4. The number of hydrogen-bond acceptors (Lipinski definition) is 9. The van der Waals surface area contributed by atoms with Crippen LogP contribution in [0.2, 0.25) is 0 Å². The van der Waals surface area contributed by atoms with Crippen LogP contribution in [0.25, 0.3) is 0 Å². The molecule has 0 unspecified atom stereocenters. The predicted octanol–water partition coefficient (Wildman–Crippen LogP) is -0.987. The molecule has 0 aromatic heterocycles. The molecule has 2 saturated heterocycles. The van der Waals surface area contributed by atoms with E-state index in [-0.39, 0.29) is 31.3 Å². The molecule has 2 aliphatic rings. The second-order valence-corrected chi connectivity index (χ2v) is 11.9. The fraction of sp³-hybridized carbons (Fsp3) is 0.793. The van der Waals surface area contributed by atoms with Crippen molar-refractivity contribution in [3.8, 4) is 0 Å². The Morgan fingerprint density at radius 2 is 1.63 bits per heavy atom. The van der Waals surface area contributed by atoms with E-state index in [2.05, 4.69) is 10.6 Å². The first-order chi connectivity index (χ1) is 20.2. The van der Waals surface area contributed by atoms with Gasteiger partial charge in [-0.15, -0.1) is 0 Å². The van der Waals surface area contributed by atoms with E-state index in [0.29, 0.717) is 19.3 Å². The van der Waals surface area contributed by atoms with E-state index in [1.165, 1.54) is 35.7 Å². The zero-order valence-electron chi connectivity index (χ0n) is 26.4. The van der Waals surface area contributed by atoms with Crippen molar-refractivity contribution in [2.45, 2.75) is 103 Å². The molecule has 2 fully saturated rings. The number of rotatable bonds is 6. The van der Waals surface area contributed by atoms with Crippen molar-refractivity contribution in [3.63, 3.8) is 0 Å². The summed E-state index contributed by atoms with van der Waals surface area (Å²) in [7, 11) is 2.96. The van der Waals surface area contributed by atoms with Crippen molar-refractivity contribution >= 4 is 35.5 Å². The topological polar surface area (TPSA) is 186 Å². The second-order valence-electron chi connectivity index (χ2n) is 11.9. The van der Waals surface area contributed by atoms with E-state index in [0.717, 1.165) is 0 Å². The number of cyclic esters (lactones) is 1. The Labute approximate surface area is 253 Å². The Kier molecular flexibility index (Phi) is 13.4. The smallest absolute Gasteiger partial charge is 0.308 e. The minimum atomic E-state index is -1.48. The van der Waals surface area contributed by atoms with Crippen LogP contribution in [0.4, 0.5) is 0 Å². The van der Waals surface area contributed by atoms with Gasteiger partial charge in [0.05, 0.1) is 19.1 Å². The van der Waals surface area contributed by atoms with Gasteiger partial charge < -0.3 is 40.3 Å². The Hall–Kier alpha value is -3.26. The number of ether oxygens (including phenoxy) is 1. The van der Waals surface area contributed by atoms with Crippen molar-refractivity contribution < 1.29 is 43.7 Å². The quantitative estimate of drug-likeness (QED) is 0.274. The van der Waals surface area contributed by atoms with Crippen molar-refractivity contribution in [1.29, 1.82) is 0 Å². The number of nitrogens with zero attached hydrogens (tertiary/aromatic N) is 3. The molecule has 7 atom stereocenters. The molecule has 5 amide bonds. The van der Waals surface area contributed by atoms with Crippen molar-refractivity contribution in [2.24, 2.45) is 11.8 Å². The molecule has 2 aliphatic heterocycles. The third-order valence-corrected chi connectivity index (χ3v) is 8.45. The molecule has 2 heterocycles. The summed E-state index contributed by atoms with van der Waals surface area (Å²) in [5.41, 5.74) is 0. The Balaban J connectivity index is 2.54. The standard InChI is InChI=1S/C29H49N5O9/c1-8-17(4)23-28(41)33(7)24(16(2)3)29(42)32(6)18(5)25(38)30-12-11-22(37)43-21(14-19(36)15-35)27(40)34-13-9-10-20(34)26(39)31-23/h16-21,23-24,35-36H,8-15H2,1-7H3,(H,30,38)(H,31,39)/t17-,18+,19-,20-,21+,23-,24-/m0/s1. The molecule has 43 heavy (non-hydrogen) atoms. The van der Waals surface area contributed by atoms with Gasteiger partial charge in [0.25, 0.3) is 5.91 Å². The number of carbonyl (C=O) groups excluding carboxylic acids is 6. The maximum atomic E-state index is 13.9. The van der Waals surface area contributed by atoms with Gasteiger partial charge in [0.1, 0.15) is 24.2 Å². The predicted molar refractivity (Wildman–Crippen MR) is 155 cm³/mol. The molecule has 0 aromatic rings. The lowest BCUT2D eigenvalue weighted by molar-refractivity contribution is -0.163. The van der Waals surface area contributed by atoms with E-state index in [9.17, 15) is 39.0 Å². The largest absolute Gasteiger partial charge is 0.452 e. The molecule has 0 aromatic carbocycles. The molecule has 0 aliphatic carbocycles. The monoisotopic (exact) mass is 611 g/mol. The molecule has 244 valence electrons. The molecule has 4 N–H and O–H groups in total. The maximum absolute atomic E-state index is 13.9. The van der Waals surface area contributed by atoms with Crippen LogP contribution < -0.4 is 10.6 Å². The molecule has 0 spiro atoms. The van der Waals surface area contributed by atoms with E-state index in [1.54, 1.807) is 20.8 Å². The van der Waals surface area contributed by atoms with E-state index < -0.39 is 84.9 Å². The van der Waals surface area contributed by atoms with Crippen LogP contribution in [0.3, 0.4) is 0 Å². The normalized spacial score (nSPS) is 28.9. The Morgan fingerprint density at radius 3 is 2.21 bits per heavy atom. The summed E-state index contributed by atoms with van der Waals surface area (Å²) in [6, 6.07) is -3.84. The highest BCUT2D eigenvalue weighted by molar-refractivity contribution is 5.96. The first-order valence-corrected chi connectivity index (χ1v) is 15.1. The van der Waals surface area contributed by atoms with Crippen LogP contribution in [0.5, 0.6) is 0 Å².